The molecule has 1 atom stereocenters. The molecule has 0 aliphatic carbocycles. The Balaban J connectivity index is 1.70. The molecule has 4 heteroatoms. The first-order valence-electron chi connectivity index (χ1n) is 6.07. The molecule has 0 spiro atoms. The van der Waals surface area contributed by atoms with Crippen LogP contribution in [0.15, 0.2) is 28.7 Å². The zero-order chi connectivity index (χ0) is 12.1. The summed E-state index contributed by atoms with van der Waals surface area (Å²) in [6.07, 6.45) is 0. The van der Waals surface area contributed by atoms with Crippen LogP contribution < -0.4 is 5.32 Å². The van der Waals surface area contributed by atoms with Crippen LogP contribution in [0.4, 0.5) is 5.69 Å². The van der Waals surface area contributed by atoms with Crippen LogP contribution in [0.2, 0.25) is 0 Å². The van der Waals surface area contributed by atoms with Gasteiger partial charge in [0.25, 0.3) is 0 Å². The standard InChI is InChI=1S/C13H19BrN2S/c1-11-10-16(8-9-17-11)7-6-15-13-4-2-12(14)3-5-13/h2-5,11,15H,6-10H2,1H3. The van der Waals surface area contributed by atoms with Gasteiger partial charge in [-0.1, -0.05) is 22.9 Å². The van der Waals surface area contributed by atoms with Crippen LogP contribution in [-0.2, 0) is 0 Å². The van der Waals surface area contributed by atoms with Crippen molar-refractivity contribution in [2.45, 2.75) is 12.2 Å². The summed E-state index contributed by atoms with van der Waals surface area (Å²) < 4.78 is 1.13. The van der Waals surface area contributed by atoms with Crippen molar-refractivity contribution in [2.24, 2.45) is 0 Å². The summed E-state index contributed by atoms with van der Waals surface area (Å²) in [4.78, 5) is 2.55. The Hall–Kier alpha value is -0.190. The summed E-state index contributed by atoms with van der Waals surface area (Å²) in [5.74, 6) is 1.28. The van der Waals surface area contributed by atoms with Gasteiger partial charge >= 0.3 is 0 Å². The van der Waals surface area contributed by atoms with Gasteiger partial charge in [0, 0.05) is 47.3 Å². The van der Waals surface area contributed by atoms with E-state index in [-0.39, 0.29) is 0 Å². The first-order valence-corrected chi connectivity index (χ1v) is 7.91. The van der Waals surface area contributed by atoms with Gasteiger partial charge in [0.05, 0.1) is 0 Å². The molecule has 1 aromatic rings. The molecule has 1 unspecified atom stereocenters. The normalized spacial score (nSPS) is 21.4. The van der Waals surface area contributed by atoms with E-state index in [2.05, 4.69) is 69.1 Å². The first kappa shape index (κ1) is 13.2. The molecule has 1 saturated heterocycles. The minimum absolute atomic E-state index is 0.788. The largest absolute Gasteiger partial charge is 0.384 e. The van der Waals surface area contributed by atoms with Crippen molar-refractivity contribution in [3.8, 4) is 0 Å². The van der Waals surface area contributed by atoms with E-state index in [0.717, 1.165) is 22.8 Å². The zero-order valence-corrected chi connectivity index (χ0v) is 12.6. The maximum atomic E-state index is 3.46. The van der Waals surface area contributed by atoms with Crippen LogP contribution in [0.3, 0.4) is 0 Å². The third kappa shape index (κ3) is 4.53. The number of halogens is 1. The van der Waals surface area contributed by atoms with Crippen LogP contribution in [0.5, 0.6) is 0 Å². The lowest BCUT2D eigenvalue weighted by Gasteiger charge is -2.30. The second kappa shape index (κ2) is 6.66. The average molecular weight is 315 g/mol. The number of hydrogen-bond acceptors (Lipinski definition) is 3. The molecular weight excluding hydrogens is 296 g/mol. The second-order valence-corrected chi connectivity index (χ2v) is 6.88. The van der Waals surface area contributed by atoms with E-state index in [0.29, 0.717) is 0 Å². The van der Waals surface area contributed by atoms with E-state index in [4.69, 9.17) is 0 Å². The van der Waals surface area contributed by atoms with Crippen molar-refractivity contribution in [3.05, 3.63) is 28.7 Å². The molecule has 1 aromatic carbocycles. The van der Waals surface area contributed by atoms with Gasteiger partial charge in [0.15, 0.2) is 0 Å². The second-order valence-electron chi connectivity index (χ2n) is 4.42. The number of rotatable bonds is 4. The molecule has 0 saturated carbocycles. The molecular formula is C13H19BrN2S. The lowest BCUT2D eigenvalue weighted by molar-refractivity contribution is 0.297. The Labute approximate surface area is 116 Å². The summed E-state index contributed by atoms with van der Waals surface area (Å²) in [6.45, 7) is 6.95. The highest BCUT2D eigenvalue weighted by Gasteiger charge is 2.15. The van der Waals surface area contributed by atoms with Gasteiger partial charge in [0.2, 0.25) is 0 Å². The van der Waals surface area contributed by atoms with E-state index < -0.39 is 0 Å². The highest BCUT2D eigenvalue weighted by molar-refractivity contribution is 9.10. The van der Waals surface area contributed by atoms with Gasteiger partial charge in [-0.3, -0.25) is 4.90 Å². The third-order valence-corrected chi connectivity index (χ3v) is 4.59. The van der Waals surface area contributed by atoms with Gasteiger partial charge in [-0.15, -0.1) is 0 Å². The monoisotopic (exact) mass is 314 g/mol. The predicted molar refractivity (Wildman–Crippen MR) is 81.0 cm³/mol. The van der Waals surface area contributed by atoms with Gasteiger partial charge in [-0.2, -0.15) is 11.8 Å². The van der Waals surface area contributed by atoms with E-state index in [1.165, 1.54) is 24.5 Å². The highest BCUT2D eigenvalue weighted by Crippen LogP contribution is 2.17. The molecule has 0 amide bonds. The van der Waals surface area contributed by atoms with Crippen LogP contribution in [-0.4, -0.2) is 42.1 Å². The summed E-state index contributed by atoms with van der Waals surface area (Å²) in [6, 6.07) is 8.36. The molecule has 0 bridgehead atoms. The van der Waals surface area contributed by atoms with Crippen LogP contribution >= 0.6 is 27.7 Å². The van der Waals surface area contributed by atoms with Crippen molar-refractivity contribution in [1.82, 2.24) is 4.90 Å². The molecule has 0 aromatic heterocycles. The number of nitrogens with zero attached hydrogens (tertiary/aromatic N) is 1. The van der Waals surface area contributed by atoms with E-state index >= 15 is 0 Å². The first-order chi connectivity index (χ1) is 8.24. The molecule has 94 valence electrons. The fraction of sp³-hybridized carbons (Fsp3) is 0.538. The SMILES string of the molecule is CC1CN(CCNc2ccc(Br)cc2)CCS1. The molecule has 2 rings (SSSR count). The van der Waals surface area contributed by atoms with Gasteiger partial charge < -0.3 is 5.32 Å². The van der Waals surface area contributed by atoms with Crippen molar-refractivity contribution < 1.29 is 0 Å². The molecule has 1 heterocycles. The number of nitrogens with one attached hydrogen (secondary N) is 1. The fourth-order valence-electron chi connectivity index (χ4n) is 2.02. The van der Waals surface area contributed by atoms with E-state index in [1.807, 2.05) is 0 Å². The van der Waals surface area contributed by atoms with Gasteiger partial charge in [0.1, 0.15) is 0 Å². The molecule has 17 heavy (non-hydrogen) atoms. The fourth-order valence-corrected chi connectivity index (χ4v) is 3.37. The number of hydrogen-bond donors (Lipinski definition) is 1. The quantitative estimate of drug-likeness (QED) is 0.918. The van der Waals surface area contributed by atoms with Crippen molar-refractivity contribution in [1.29, 1.82) is 0 Å². The number of thioether (sulfide) groups is 1. The molecule has 2 nitrogen and oxygen atoms in total. The molecule has 1 aliphatic rings. The minimum Gasteiger partial charge on any atom is -0.384 e. The molecule has 1 fully saturated rings. The van der Waals surface area contributed by atoms with Gasteiger partial charge in [-0.25, -0.2) is 0 Å². The van der Waals surface area contributed by atoms with Crippen molar-refractivity contribution in [3.63, 3.8) is 0 Å². The Bertz CT molecular complexity index is 342. The van der Waals surface area contributed by atoms with Crippen LogP contribution in [0.25, 0.3) is 0 Å². The van der Waals surface area contributed by atoms with Crippen molar-refractivity contribution in [2.75, 3.05) is 37.2 Å². The molecule has 0 radical (unpaired) electrons. The highest BCUT2D eigenvalue weighted by atomic mass is 79.9. The van der Waals surface area contributed by atoms with Gasteiger partial charge in [-0.05, 0) is 24.3 Å². The number of anilines is 1. The van der Waals surface area contributed by atoms with E-state index in [9.17, 15) is 0 Å². The summed E-state index contributed by atoms with van der Waals surface area (Å²) in [5, 5.41) is 4.25. The average Bonchev–Trinajstić information content (AvgIpc) is 2.32. The minimum atomic E-state index is 0.788. The predicted octanol–water partition coefficient (Wildman–Crippen LogP) is 3.30. The maximum Gasteiger partial charge on any atom is 0.0341 e. The lowest BCUT2D eigenvalue weighted by atomic mass is 10.3. The Morgan fingerprint density at radius 1 is 1.41 bits per heavy atom. The lowest BCUT2D eigenvalue weighted by Crippen LogP contribution is -2.39. The third-order valence-electron chi connectivity index (χ3n) is 2.93. The van der Waals surface area contributed by atoms with Crippen LogP contribution in [0, 0.1) is 0 Å². The summed E-state index contributed by atoms with van der Waals surface area (Å²) in [5.41, 5.74) is 1.20. The van der Waals surface area contributed by atoms with E-state index in [1.54, 1.807) is 0 Å². The summed E-state index contributed by atoms with van der Waals surface area (Å²) in [7, 11) is 0. The van der Waals surface area contributed by atoms with Crippen LogP contribution in [0.1, 0.15) is 6.92 Å². The summed E-state index contributed by atoms with van der Waals surface area (Å²) >= 11 is 5.53. The maximum absolute atomic E-state index is 3.46. The molecule has 1 N–H and O–H groups in total. The molecule has 1 aliphatic heterocycles. The zero-order valence-electron chi connectivity index (χ0n) is 10.2. The smallest absolute Gasteiger partial charge is 0.0341 e. The number of benzene rings is 1. The Morgan fingerprint density at radius 3 is 2.88 bits per heavy atom. The Morgan fingerprint density at radius 2 is 2.18 bits per heavy atom. The van der Waals surface area contributed by atoms with Crippen molar-refractivity contribution >= 4 is 33.4 Å². The topological polar surface area (TPSA) is 15.3 Å². The Kier molecular flexibility index (Phi) is 5.19.